The third-order valence-electron chi connectivity index (χ3n) is 3.32. The number of aliphatic hydroxyl groups is 1. The van der Waals surface area contributed by atoms with Crippen LogP contribution in [-0.4, -0.2) is 54.4 Å². The van der Waals surface area contributed by atoms with Crippen molar-refractivity contribution < 1.29 is 14.6 Å². The lowest BCUT2D eigenvalue weighted by atomic mass is 10.1. The van der Waals surface area contributed by atoms with Crippen molar-refractivity contribution in [3.63, 3.8) is 0 Å². The average molecular weight is 364 g/mol. The lowest BCUT2D eigenvalue weighted by molar-refractivity contribution is 0.0285. The van der Waals surface area contributed by atoms with Gasteiger partial charge in [-0.2, -0.15) is 0 Å². The highest BCUT2D eigenvalue weighted by Crippen LogP contribution is 2.12. The summed E-state index contributed by atoms with van der Waals surface area (Å²) in [6.07, 6.45) is -0.337. The lowest BCUT2D eigenvalue weighted by Crippen LogP contribution is -2.38. The fourth-order valence-electron chi connectivity index (χ4n) is 2.11. The standard InChI is InChI=1S/C19H32N4O3/c1-6-20-17(21-11-12-24)22-13-15-7-9-16(10-8-15)14-23(5)18(25)26-19(2,3)4/h7-10,24H,6,11-14H2,1-5H3,(H2,20,21,22). The van der Waals surface area contributed by atoms with E-state index in [4.69, 9.17) is 9.84 Å². The highest BCUT2D eigenvalue weighted by molar-refractivity contribution is 5.79. The van der Waals surface area contributed by atoms with Gasteiger partial charge < -0.3 is 25.4 Å². The largest absolute Gasteiger partial charge is 0.444 e. The van der Waals surface area contributed by atoms with Crippen LogP contribution in [0.3, 0.4) is 0 Å². The molecule has 7 heteroatoms. The Hall–Kier alpha value is -2.28. The van der Waals surface area contributed by atoms with E-state index in [-0.39, 0.29) is 12.7 Å². The van der Waals surface area contributed by atoms with Crippen LogP contribution in [0.2, 0.25) is 0 Å². The zero-order valence-electron chi connectivity index (χ0n) is 16.5. The molecule has 3 N–H and O–H groups in total. The molecule has 0 atom stereocenters. The molecule has 0 heterocycles. The van der Waals surface area contributed by atoms with Gasteiger partial charge >= 0.3 is 6.09 Å². The molecule has 0 aliphatic carbocycles. The van der Waals surface area contributed by atoms with E-state index in [1.807, 2.05) is 52.0 Å². The molecule has 1 rings (SSSR count). The van der Waals surface area contributed by atoms with Gasteiger partial charge in [0.2, 0.25) is 0 Å². The number of hydrogen-bond acceptors (Lipinski definition) is 4. The number of hydrogen-bond donors (Lipinski definition) is 3. The number of nitrogens with one attached hydrogen (secondary N) is 2. The van der Waals surface area contributed by atoms with Gasteiger partial charge in [0.05, 0.1) is 13.2 Å². The smallest absolute Gasteiger partial charge is 0.410 e. The average Bonchev–Trinajstić information content (AvgIpc) is 2.57. The van der Waals surface area contributed by atoms with Crippen LogP contribution < -0.4 is 10.6 Å². The molecule has 26 heavy (non-hydrogen) atoms. The molecule has 146 valence electrons. The summed E-state index contributed by atoms with van der Waals surface area (Å²) in [6, 6.07) is 7.97. The van der Waals surface area contributed by atoms with Crippen LogP contribution in [0, 0.1) is 0 Å². The highest BCUT2D eigenvalue weighted by atomic mass is 16.6. The summed E-state index contributed by atoms with van der Waals surface area (Å²) >= 11 is 0. The molecular formula is C19H32N4O3. The van der Waals surface area contributed by atoms with E-state index in [1.54, 1.807) is 11.9 Å². The zero-order chi connectivity index (χ0) is 19.6. The van der Waals surface area contributed by atoms with Gasteiger partial charge in [-0.3, -0.25) is 0 Å². The van der Waals surface area contributed by atoms with Gasteiger partial charge in [-0.15, -0.1) is 0 Å². The van der Waals surface area contributed by atoms with Crippen LogP contribution in [0.5, 0.6) is 0 Å². The van der Waals surface area contributed by atoms with Crippen molar-refractivity contribution in [1.29, 1.82) is 0 Å². The molecule has 0 saturated heterocycles. The van der Waals surface area contributed by atoms with Crippen LogP contribution >= 0.6 is 0 Å². The second kappa shape index (κ2) is 10.7. The van der Waals surface area contributed by atoms with Crippen molar-refractivity contribution in [1.82, 2.24) is 15.5 Å². The Morgan fingerprint density at radius 1 is 1.19 bits per heavy atom. The molecule has 0 unspecified atom stereocenters. The number of guanidine groups is 1. The molecule has 0 fully saturated rings. The normalized spacial score (nSPS) is 11.8. The Kier molecular flexibility index (Phi) is 8.92. The first kappa shape index (κ1) is 21.8. The second-order valence-electron chi connectivity index (χ2n) is 7.00. The van der Waals surface area contributed by atoms with E-state index in [0.717, 1.165) is 17.7 Å². The number of benzene rings is 1. The maximum Gasteiger partial charge on any atom is 0.410 e. The van der Waals surface area contributed by atoms with Gasteiger partial charge in [0.1, 0.15) is 5.60 Å². The molecule has 0 radical (unpaired) electrons. The molecule has 0 spiro atoms. The van der Waals surface area contributed by atoms with Gasteiger partial charge in [-0.05, 0) is 38.8 Å². The zero-order valence-corrected chi connectivity index (χ0v) is 16.5. The van der Waals surface area contributed by atoms with Gasteiger partial charge in [0, 0.05) is 26.7 Å². The monoisotopic (exact) mass is 364 g/mol. The first-order valence-corrected chi connectivity index (χ1v) is 8.90. The Morgan fingerprint density at radius 2 is 1.81 bits per heavy atom. The van der Waals surface area contributed by atoms with Gasteiger partial charge in [-0.25, -0.2) is 9.79 Å². The fourth-order valence-corrected chi connectivity index (χ4v) is 2.11. The molecule has 1 aromatic carbocycles. The summed E-state index contributed by atoms with van der Waals surface area (Å²) < 4.78 is 5.35. The number of nitrogens with zero attached hydrogens (tertiary/aromatic N) is 2. The summed E-state index contributed by atoms with van der Waals surface area (Å²) in [6.45, 7) is 9.84. The van der Waals surface area contributed by atoms with Crippen LogP contribution in [0.15, 0.2) is 29.3 Å². The SMILES string of the molecule is CCNC(=NCc1ccc(CN(C)C(=O)OC(C)(C)C)cc1)NCCO. The van der Waals surface area contributed by atoms with Crippen LogP contribution in [-0.2, 0) is 17.8 Å². The third-order valence-corrected chi connectivity index (χ3v) is 3.32. The number of amides is 1. The number of aliphatic hydroxyl groups excluding tert-OH is 1. The quantitative estimate of drug-likeness (QED) is 0.510. The lowest BCUT2D eigenvalue weighted by Gasteiger charge is -2.24. The van der Waals surface area contributed by atoms with Gasteiger partial charge in [0.15, 0.2) is 5.96 Å². The molecule has 0 bridgehead atoms. The minimum absolute atomic E-state index is 0.0598. The van der Waals surface area contributed by atoms with Crippen molar-refractivity contribution >= 4 is 12.1 Å². The van der Waals surface area contributed by atoms with Crippen LogP contribution in [0.1, 0.15) is 38.8 Å². The maximum atomic E-state index is 12.0. The molecule has 1 aromatic rings. The topological polar surface area (TPSA) is 86.2 Å². The van der Waals surface area contributed by atoms with E-state index in [9.17, 15) is 4.79 Å². The van der Waals surface area contributed by atoms with Crippen molar-refractivity contribution in [3.8, 4) is 0 Å². The Morgan fingerprint density at radius 3 is 2.35 bits per heavy atom. The molecule has 0 saturated carbocycles. The summed E-state index contributed by atoms with van der Waals surface area (Å²) in [5.74, 6) is 0.676. The highest BCUT2D eigenvalue weighted by Gasteiger charge is 2.19. The molecular weight excluding hydrogens is 332 g/mol. The Bertz CT molecular complexity index is 579. The number of ether oxygens (including phenoxy) is 1. The first-order chi connectivity index (χ1) is 12.2. The van der Waals surface area contributed by atoms with E-state index in [0.29, 0.717) is 25.6 Å². The van der Waals surface area contributed by atoms with Crippen molar-refractivity contribution in [3.05, 3.63) is 35.4 Å². The predicted octanol–water partition coefficient (Wildman–Crippen LogP) is 2.10. The summed E-state index contributed by atoms with van der Waals surface area (Å²) in [4.78, 5) is 18.0. The predicted molar refractivity (Wildman–Crippen MR) is 104 cm³/mol. The molecule has 0 aliphatic rings. The summed E-state index contributed by atoms with van der Waals surface area (Å²) in [7, 11) is 1.72. The Labute approximate surface area is 156 Å². The van der Waals surface area contributed by atoms with E-state index < -0.39 is 5.60 Å². The third kappa shape index (κ3) is 8.71. The minimum Gasteiger partial charge on any atom is -0.444 e. The van der Waals surface area contributed by atoms with Gasteiger partial charge in [-0.1, -0.05) is 24.3 Å². The molecule has 0 aliphatic heterocycles. The maximum absolute atomic E-state index is 12.0. The van der Waals surface area contributed by atoms with E-state index in [2.05, 4.69) is 15.6 Å². The summed E-state index contributed by atoms with van der Waals surface area (Å²) in [5, 5.41) is 15.1. The van der Waals surface area contributed by atoms with Crippen LogP contribution in [0.4, 0.5) is 4.79 Å². The first-order valence-electron chi connectivity index (χ1n) is 8.90. The van der Waals surface area contributed by atoms with Gasteiger partial charge in [0.25, 0.3) is 0 Å². The van der Waals surface area contributed by atoms with E-state index >= 15 is 0 Å². The Balaban J connectivity index is 2.60. The van der Waals surface area contributed by atoms with Crippen LogP contribution in [0.25, 0.3) is 0 Å². The van der Waals surface area contributed by atoms with Crippen molar-refractivity contribution in [2.45, 2.75) is 46.4 Å². The molecule has 0 aromatic heterocycles. The minimum atomic E-state index is -0.499. The second-order valence-corrected chi connectivity index (χ2v) is 7.00. The molecule has 1 amide bonds. The number of aliphatic imine (C=N–C) groups is 1. The summed E-state index contributed by atoms with van der Waals surface area (Å²) in [5.41, 5.74) is 1.59. The fraction of sp³-hybridized carbons (Fsp3) is 0.579. The van der Waals surface area contributed by atoms with Crippen molar-refractivity contribution in [2.24, 2.45) is 4.99 Å². The number of carbonyl (C=O) groups excluding carboxylic acids is 1. The number of carbonyl (C=O) groups is 1. The van der Waals surface area contributed by atoms with E-state index in [1.165, 1.54) is 0 Å². The van der Waals surface area contributed by atoms with Crippen molar-refractivity contribution in [2.75, 3.05) is 26.7 Å². The molecule has 7 nitrogen and oxygen atoms in total. The number of rotatable bonds is 7.